The Balaban J connectivity index is 1.60. The Hall–Kier alpha value is -0.0800. The van der Waals surface area contributed by atoms with Crippen LogP contribution in [0.4, 0.5) is 0 Å². The van der Waals surface area contributed by atoms with Crippen molar-refractivity contribution in [3.05, 3.63) is 0 Å². The molecular weight excluding hydrogens is 256 g/mol. The van der Waals surface area contributed by atoms with Crippen LogP contribution in [0.25, 0.3) is 0 Å². The van der Waals surface area contributed by atoms with Crippen molar-refractivity contribution in [2.45, 2.75) is 83.7 Å². The van der Waals surface area contributed by atoms with Crippen molar-refractivity contribution >= 4 is 0 Å². The third-order valence-corrected chi connectivity index (χ3v) is 6.73. The lowest BCUT2D eigenvalue weighted by Crippen LogP contribution is -2.47. The molecule has 0 amide bonds. The number of nitrogens with zero attached hydrogens (tertiary/aromatic N) is 1. The van der Waals surface area contributed by atoms with Crippen molar-refractivity contribution in [3.63, 3.8) is 0 Å². The van der Waals surface area contributed by atoms with Crippen LogP contribution < -0.4 is 5.32 Å². The summed E-state index contributed by atoms with van der Waals surface area (Å²) in [4.78, 5) is 2.90. The zero-order valence-corrected chi connectivity index (χ0v) is 14.3. The number of nitrogens with one attached hydrogen (secondary N) is 1. The SMILES string of the molecule is CCNC1CCC(CC)CC1CN1CCC2CCCCC21. The van der Waals surface area contributed by atoms with Crippen LogP contribution in [-0.2, 0) is 0 Å². The molecule has 122 valence electrons. The molecule has 0 aromatic heterocycles. The van der Waals surface area contributed by atoms with E-state index in [9.17, 15) is 0 Å². The topological polar surface area (TPSA) is 15.3 Å². The summed E-state index contributed by atoms with van der Waals surface area (Å²) in [5.74, 6) is 2.95. The molecule has 1 aliphatic heterocycles. The van der Waals surface area contributed by atoms with E-state index in [-0.39, 0.29) is 0 Å². The van der Waals surface area contributed by atoms with Crippen LogP contribution in [0.2, 0.25) is 0 Å². The Morgan fingerprint density at radius 2 is 1.86 bits per heavy atom. The van der Waals surface area contributed by atoms with Crippen LogP contribution in [0.5, 0.6) is 0 Å². The van der Waals surface area contributed by atoms with Crippen LogP contribution in [0.3, 0.4) is 0 Å². The molecule has 1 saturated heterocycles. The molecule has 0 spiro atoms. The molecule has 3 fully saturated rings. The van der Waals surface area contributed by atoms with E-state index in [1.807, 2.05) is 0 Å². The van der Waals surface area contributed by atoms with E-state index in [0.29, 0.717) is 0 Å². The average Bonchev–Trinajstić information content (AvgIpc) is 2.92. The van der Waals surface area contributed by atoms with Gasteiger partial charge in [0.25, 0.3) is 0 Å². The van der Waals surface area contributed by atoms with Crippen molar-refractivity contribution in [2.24, 2.45) is 17.8 Å². The summed E-state index contributed by atoms with van der Waals surface area (Å²) >= 11 is 0. The van der Waals surface area contributed by atoms with Gasteiger partial charge in [0.1, 0.15) is 0 Å². The van der Waals surface area contributed by atoms with Crippen LogP contribution in [0.15, 0.2) is 0 Å². The zero-order valence-electron chi connectivity index (χ0n) is 14.3. The minimum absolute atomic E-state index is 0.792. The molecule has 3 rings (SSSR count). The van der Waals surface area contributed by atoms with Crippen molar-refractivity contribution in [2.75, 3.05) is 19.6 Å². The molecule has 1 heterocycles. The normalized spacial score (nSPS) is 41.1. The first-order valence-corrected chi connectivity index (χ1v) is 9.79. The van der Waals surface area contributed by atoms with Gasteiger partial charge in [0.05, 0.1) is 0 Å². The molecule has 0 radical (unpaired) electrons. The second kappa shape index (κ2) is 7.46. The highest BCUT2D eigenvalue weighted by Gasteiger charge is 2.38. The van der Waals surface area contributed by atoms with E-state index < -0.39 is 0 Å². The van der Waals surface area contributed by atoms with Crippen molar-refractivity contribution in [1.82, 2.24) is 10.2 Å². The first-order chi connectivity index (χ1) is 10.3. The Morgan fingerprint density at radius 3 is 2.67 bits per heavy atom. The fourth-order valence-corrected chi connectivity index (χ4v) is 5.50. The van der Waals surface area contributed by atoms with Crippen LogP contribution in [0.1, 0.15) is 71.6 Å². The third-order valence-electron chi connectivity index (χ3n) is 6.73. The predicted molar refractivity (Wildman–Crippen MR) is 90.5 cm³/mol. The summed E-state index contributed by atoms with van der Waals surface area (Å²) in [6.45, 7) is 8.58. The summed E-state index contributed by atoms with van der Waals surface area (Å²) in [6, 6.07) is 1.74. The van der Waals surface area contributed by atoms with E-state index >= 15 is 0 Å². The lowest BCUT2D eigenvalue weighted by Gasteiger charge is -2.41. The molecule has 0 bridgehead atoms. The highest BCUT2D eigenvalue weighted by molar-refractivity contribution is 4.93. The van der Waals surface area contributed by atoms with Gasteiger partial charge >= 0.3 is 0 Å². The van der Waals surface area contributed by atoms with E-state index in [1.54, 1.807) is 0 Å². The average molecular weight is 293 g/mol. The highest BCUT2D eigenvalue weighted by atomic mass is 15.2. The largest absolute Gasteiger partial charge is 0.314 e. The first kappa shape index (κ1) is 15.8. The minimum Gasteiger partial charge on any atom is -0.314 e. The van der Waals surface area contributed by atoms with Gasteiger partial charge in [-0.15, -0.1) is 0 Å². The van der Waals surface area contributed by atoms with Gasteiger partial charge in [-0.25, -0.2) is 0 Å². The maximum absolute atomic E-state index is 3.80. The molecule has 5 unspecified atom stereocenters. The summed E-state index contributed by atoms with van der Waals surface area (Å²) < 4.78 is 0. The van der Waals surface area contributed by atoms with Crippen LogP contribution >= 0.6 is 0 Å². The van der Waals surface area contributed by atoms with Crippen LogP contribution in [-0.4, -0.2) is 36.6 Å². The Morgan fingerprint density at radius 1 is 1.00 bits per heavy atom. The summed E-state index contributed by atoms with van der Waals surface area (Å²) in [5, 5.41) is 3.80. The van der Waals surface area contributed by atoms with E-state index in [2.05, 4.69) is 24.1 Å². The van der Waals surface area contributed by atoms with E-state index in [4.69, 9.17) is 0 Å². The number of fused-ring (bicyclic) bond motifs is 1. The van der Waals surface area contributed by atoms with Crippen molar-refractivity contribution in [1.29, 1.82) is 0 Å². The molecule has 0 aromatic rings. The molecule has 2 heteroatoms. The predicted octanol–water partition coefficient (Wildman–Crippen LogP) is 4.06. The molecule has 0 aromatic carbocycles. The Kier molecular flexibility index (Phi) is 5.61. The van der Waals surface area contributed by atoms with Gasteiger partial charge in [0.2, 0.25) is 0 Å². The molecule has 5 atom stereocenters. The van der Waals surface area contributed by atoms with Gasteiger partial charge in [0.15, 0.2) is 0 Å². The van der Waals surface area contributed by atoms with Crippen molar-refractivity contribution in [3.8, 4) is 0 Å². The van der Waals surface area contributed by atoms with Gasteiger partial charge in [-0.2, -0.15) is 0 Å². The monoisotopic (exact) mass is 292 g/mol. The third kappa shape index (κ3) is 3.64. The van der Waals surface area contributed by atoms with Crippen LogP contribution in [0, 0.1) is 17.8 Å². The number of likely N-dealkylation sites (tertiary alicyclic amines) is 1. The quantitative estimate of drug-likeness (QED) is 0.822. The number of rotatable bonds is 5. The summed E-state index contributed by atoms with van der Waals surface area (Å²) in [5.41, 5.74) is 0. The van der Waals surface area contributed by atoms with E-state index in [1.165, 1.54) is 70.9 Å². The molecule has 21 heavy (non-hydrogen) atoms. The Labute approximate surface area is 132 Å². The number of hydrogen-bond donors (Lipinski definition) is 1. The van der Waals surface area contributed by atoms with Gasteiger partial charge in [-0.05, 0) is 69.4 Å². The van der Waals surface area contributed by atoms with Crippen molar-refractivity contribution < 1.29 is 0 Å². The second-order valence-corrected chi connectivity index (χ2v) is 7.91. The minimum atomic E-state index is 0.792. The lowest BCUT2D eigenvalue weighted by atomic mass is 9.76. The second-order valence-electron chi connectivity index (χ2n) is 7.91. The molecule has 2 nitrogen and oxygen atoms in total. The molecule has 3 aliphatic rings. The smallest absolute Gasteiger partial charge is 0.0124 e. The number of hydrogen-bond acceptors (Lipinski definition) is 2. The fourth-order valence-electron chi connectivity index (χ4n) is 5.50. The fraction of sp³-hybridized carbons (Fsp3) is 1.00. The van der Waals surface area contributed by atoms with Gasteiger partial charge in [-0.3, -0.25) is 4.90 Å². The first-order valence-electron chi connectivity index (χ1n) is 9.79. The van der Waals surface area contributed by atoms with Gasteiger partial charge in [0, 0.05) is 18.6 Å². The maximum Gasteiger partial charge on any atom is 0.0124 e. The van der Waals surface area contributed by atoms with Gasteiger partial charge < -0.3 is 5.32 Å². The van der Waals surface area contributed by atoms with E-state index in [0.717, 1.165) is 36.4 Å². The van der Waals surface area contributed by atoms with Gasteiger partial charge in [-0.1, -0.05) is 33.1 Å². The summed E-state index contributed by atoms with van der Waals surface area (Å²) in [6.07, 6.45) is 13.2. The summed E-state index contributed by atoms with van der Waals surface area (Å²) in [7, 11) is 0. The molecule has 2 saturated carbocycles. The molecule has 1 N–H and O–H groups in total. The zero-order chi connectivity index (χ0) is 14.7. The lowest BCUT2D eigenvalue weighted by molar-refractivity contribution is 0.110. The highest BCUT2D eigenvalue weighted by Crippen LogP contribution is 2.39. The Bertz CT molecular complexity index is 317. The standard InChI is InChI=1S/C19H36N2/c1-3-15-9-10-18(20-4-2)17(13-15)14-21-12-11-16-7-5-6-8-19(16)21/h15-20H,3-14H2,1-2H3. The molecule has 2 aliphatic carbocycles. The maximum atomic E-state index is 3.80. The molecular formula is C19H36N2.